The SMILES string of the molecule is Cc1nc(C2CCCNC2)cc(N2CC[C](c3ccc(F)cc3)CC2)n1. The number of aryl methyl sites for hydroxylation is 1. The largest absolute Gasteiger partial charge is 0.356 e. The number of rotatable bonds is 3. The molecular weight excluding hydrogens is 327 g/mol. The van der Waals surface area contributed by atoms with Crippen molar-refractivity contribution in [3.8, 4) is 0 Å². The van der Waals surface area contributed by atoms with Gasteiger partial charge in [-0.1, -0.05) is 12.1 Å². The number of hydrogen-bond acceptors (Lipinski definition) is 4. The molecule has 2 saturated heterocycles. The van der Waals surface area contributed by atoms with E-state index < -0.39 is 0 Å². The summed E-state index contributed by atoms with van der Waals surface area (Å²) in [7, 11) is 0. The first-order chi connectivity index (χ1) is 12.7. The standard InChI is InChI=1S/C21H26FN4/c1-15-24-20(18-3-2-10-23-14-18)13-21(25-15)26-11-8-17(9-12-26)16-4-6-19(22)7-5-16/h4-7,13,18,23H,2-3,8-12,14H2,1H3. The second-order valence-corrected chi connectivity index (χ2v) is 7.34. The van der Waals surface area contributed by atoms with Crippen LogP contribution in [0.15, 0.2) is 30.3 Å². The minimum Gasteiger partial charge on any atom is -0.356 e. The van der Waals surface area contributed by atoms with Gasteiger partial charge in [0.25, 0.3) is 0 Å². The number of nitrogens with zero attached hydrogens (tertiary/aromatic N) is 3. The van der Waals surface area contributed by atoms with E-state index in [2.05, 4.69) is 16.3 Å². The van der Waals surface area contributed by atoms with Crippen LogP contribution in [0.5, 0.6) is 0 Å². The van der Waals surface area contributed by atoms with E-state index in [4.69, 9.17) is 9.97 Å². The van der Waals surface area contributed by atoms with Crippen LogP contribution in [-0.2, 0) is 0 Å². The highest BCUT2D eigenvalue weighted by atomic mass is 19.1. The lowest BCUT2D eigenvalue weighted by Gasteiger charge is -2.33. The van der Waals surface area contributed by atoms with Gasteiger partial charge in [0, 0.05) is 37.5 Å². The van der Waals surface area contributed by atoms with E-state index in [1.807, 2.05) is 19.1 Å². The maximum absolute atomic E-state index is 13.1. The summed E-state index contributed by atoms with van der Waals surface area (Å²) in [4.78, 5) is 11.8. The zero-order valence-electron chi connectivity index (χ0n) is 15.3. The zero-order chi connectivity index (χ0) is 17.9. The molecule has 1 radical (unpaired) electrons. The van der Waals surface area contributed by atoms with Crippen molar-refractivity contribution in [2.45, 2.75) is 38.5 Å². The molecule has 2 aliphatic heterocycles. The van der Waals surface area contributed by atoms with Crippen molar-refractivity contribution >= 4 is 5.82 Å². The van der Waals surface area contributed by atoms with E-state index in [1.165, 1.54) is 30.0 Å². The molecule has 0 saturated carbocycles. The maximum Gasteiger partial charge on any atom is 0.132 e. The average Bonchev–Trinajstić information content (AvgIpc) is 2.69. The van der Waals surface area contributed by atoms with E-state index in [0.29, 0.717) is 5.92 Å². The Kier molecular flexibility index (Phi) is 5.16. The van der Waals surface area contributed by atoms with Crippen LogP contribution in [0.3, 0.4) is 0 Å². The van der Waals surface area contributed by atoms with Crippen molar-refractivity contribution in [3.05, 3.63) is 59.1 Å². The van der Waals surface area contributed by atoms with Crippen LogP contribution in [0, 0.1) is 18.7 Å². The monoisotopic (exact) mass is 353 g/mol. The van der Waals surface area contributed by atoms with Crippen molar-refractivity contribution in [1.29, 1.82) is 0 Å². The van der Waals surface area contributed by atoms with Crippen LogP contribution in [-0.4, -0.2) is 36.1 Å². The number of hydrogen-bond donors (Lipinski definition) is 1. The lowest BCUT2D eigenvalue weighted by molar-refractivity contribution is 0.453. The van der Waals surface area contributed by atoms with Crippen molar-refractivity contribution in [3.63, 3.8) is 0 Å². The summed E-state index contributed by atoms with van der Waals surface area (Å²) in [6.07, 6.45) is 4.40. The highest BCUT2D eigenvalue weighted by Crippen LogP contribution is 2.30. The number of aromatic nitrogens is 2. The summed E-state index contributed by atoms with van der Waals surface area (Å²) >= 11 is 0. The van der Waals surface area contributed by atoms with Crippen molar-refractivity contribution < 1.29 is 4.39 Å². The quantitative estimate of drug-likeness (QED) is 0.915. The molecule has 0 amide bonds. The Morgan fingerprint density at radius 1 is 1.12 bits per heavy atom. The Morgan fingerprint density at radius 2 is 1.88 bits per heavy atom. The van der Waals surface area contributed by atoms with E-state index in [9.17, 15) is 4.39 Å². The molecule has 1 aromatic heterocycles. The number of anilines is 1. The zero-order valence-corrected chi connectivity index (χ0v) is 15.3. The first-order valence-corrected chi connectivity index (χ1v) is 9.61. The van der Waals surface area contributed by atoms with E-state index in [-0.39, 0.29) is 5.82 Å². The summed E-state index contributed by atoms with van der Waals surface area (Å²) < 4.78 is 13.1. The van der Waals surface area contributed by atoms with Crippen LogP contribution in [0.25, 0.3) is 0 Å². The molecule has 1 aromatic carbocycles. The Balaban J connectivity index is 1.45. The van der Waals surface area contributed by atoms with E-state index in [0.717, 1.165) is 50.7 Å². The Bertz CT molecular complexity index is 732. The maximum atomic E-state index is 13.1. The van der Waals surface area contributed by atoms with Gasteiger partial charge in [-0.25, -0.2) is 14.4 Å². The summed E-state index contributed by atoms with van der Waals surface area (Å²) in [6.45, 7) is 6.01. The van der Waals surface area contributed by atoms with Crippen LogP contribution in [0.4, 0.5) is 10.2 Å². The fraction of sp³-hybridized carbons (Fsp3) is 0.476. The molecule has 1 unspecified atom stereocenters. The van der Waals surface area contributed by atoms with Crippen LogP contribution >= 0.6 is 0 Å². The van der Waals surface area contributed by atoms with Gasteiger partial charge in [-0.05, 0) is 56.8 Å². The van der Waals surface area contributed by atoms with Crippen LogP contribution < -0.4 is 10.2 Å². The molecule has 5 heteroatoms. The normalized spacial score (nSPS) is 21.8. The van der Waals surface area contributed by atoms with Crippen molar-refractivity contribution in [2.24, 2.45) is 0 Å². The van der Waals surface area contributed by atoms with Gasteiger partial charge in [0.15, 0.2) is 0 Å². The third-order valence-electron chi connectivity index (χ3n) is 5.50. The molecule has 3 heterocycles. The molecule has 2 aromatic rings. The molecule has 0 aliphatic carbocycles. The van der Waals surface area contributed by atoms with Gasteiger partial charge in [0.1, 0.15) is 17.5 Å². The lowest BCUT2D eigenvalue weighted by atomic mass is 9.89. The smallest absolute Gasteiger partial charge is 0.132 e. The molecule has 26 heavy (non-hydrogen) atoms. The molecule has 2 fully saturated rings. The third-order valence-corrected chi connectivity index (χ3v) is 5.50. The summed E-state index contributed by atoms with van der Waals surface area (Å²) in [5.74, 6) is 3.64. The van der Waals surface area contributed by atoms with E-state index in [1.54, 1.807) is 12.1 Å². The van der Waals surface area contributed by atoms with Crippen LogP contribution in [0.2, 0.25) is 0 Å². The van der Waals surface area contributed by atoms with Crippen molar-refractivity contribution in [2.75, 3.05) is 31.1 Å². The first-order valence-electron chi connectivity index (χ1n) is 9.61. The number of piperidine rings is 2. The lowest BCUT2D eigenvalue weighted by Crippen LogP contribution is -2.34. The molecular formula is C21H26FN4. The highest BCUT2D eigenvalue weighted by Gasteiger charge is 2.24. The van der Waals surface area contributed by atoms with Gasteiger partial charge in [-0.3, -0.25) is 0 Å². The van der Waals surface area contributed by atoms with Gasteiger partial charge in [-0.15, -0.1) is 0 Å². The van der Waals surface area contributed by atoms with Crippen molar-refractivity contribution in [1.82, 2.24) is 15.3 Å². The predicted octanol–water partition coefficient (Wildman–Crippen LogP) is 3.61. The van der Waals surface area contributed by atoms with Gasteiger partial charge in [0.05, 0.1) is 5.69 Å². The second kappa shape index (κ2) is 7.70. The number of halogens is 1. The Morgan fingerprint density at radius 3 is 2.58 bits per heavy atom. The summed E-state index contributed by atoms with van der Waals surface area (Å²) in [6, 6.07) is 9.07. The summed E-state index contributed by atoms with van der Waals surface area (Å²) in [5, 5.41) is 3.48. The molecule has 4 nitrogen and oxygen atoms in total. The highest BCUT2D eigenvalue weighted by molar-refractivity contribution is 5.44. The van der Waals surface area contributed by atoms with Gasteiger partial charge >= 0.3 is 0 Å². The Hall–Kier alpha value is -2.01. The third kappa shape index (κ3) is 3.88. The molecule has 4 rings (SSSR count). The minimum atomic E-state index is -0.173. The molecule has 0 bridgehead atoms. The summed E-state index contributed by atoms with van der Waals surface area (Å²) in [5.41, 5.74) is 2.34. The van der Waals surface area contributed by atoms with Crippen LogP contribution in [0.1, 0.15) is 48.7 Å². The number of nitrogens with one attached hydrogen (secondary N) is 1. The van der Waals surface area contributed by atoms with Gasteiger partial charge in [-0.2, -0.15) is 0 Å². The fourth-order valence-corrected chi connectivity index (χ4v) is 4.03. The molecule has 1 atom stereocenters. The fourth-order valence-electron chi connectivity index (χ4n) is 4.03. The average molecular weight is 353 g/mol. The van der Waals surface area contributed by atoms with Gasteiger partial charge in [0.2, 0.25) is 0 Å². The molecule has 0 spiro atoms. The first kappa shape index (κ1) is 17.4. The number of benzene rings is 1. The Labute approximate surface area is 154 Å². The molecule has 2 aliphatic rings. The minimum absolute atomic E-state index is 0.173. The second-order valence-electron chi connectivity index (χ2n) is 7.34. The topological polar surface area (TPSA) is 41.1 Å². The molecule has 137 valence electrons. The van der Waals surface area contributed by atoms with E-state index >= 15 is 0 Å². The molecule has 1 N–H and O–H groups in total. The van der Waals surface area contributed by atoms with Gasteiger partial charge < -0.3 is 10.2 Å². The predicted molar refractivity (Wildman–Crippen MR) is 102 cm³/mol.